The minimum atomic E-state index is -3.86. The van der Waals surface area contributed by atoms with Gasteiger partial charge in [-0.1, -0.05) is 13.8 Å². The van der Waals surface area contributed by atoms with Gasteiger partial charge in [-0.15, -0.1) is 0 Å². The smallest absolute Gasteiger partial charge is 0.335 e. The summed E-state index contributed by atoms with van der Waals surface area (Å²) in [6.45, 7) is 3.77. The molecule has 0 unspecified atom stereocenters. The number of sulfonamides is 1. The number of aromatic carboxylic acids is 1. The number of hydrogen-bond acceptors (Lipinski definition) is 5. The fourth-order valence-electron chi connectivity index (χ4n) is 2.80. The number of carboxylic acid groups (broad SMARTS) is 1. The van der Waals surface area contributed by atoms with E-state index in [2.05, 4.69) is 0 Å². The third-order valence-electron chi connectivity index (χ3n) is 4.43. The molecule has 2 aromatic carbocycles. The van der Waals surface area contributed by atoms with E-state index in [4.69, 9.17) is 9.52 Å². The lowest BCUT2D eigenvalue weighted by Crippen LogP contribution is -2.23. The van der Waals surface area contributed by atoms with E-state index in [0.717, 1.165) is 4.31 Å². The van der Waals surface area contributed by atoms with Crippen LogP contribution in [-0.4, -0.2) is 37.9 Å². The Labute approximate surface area is 155 Å². The van der Waals surface area contributed by atoms with Crippen molar-refractivity contribution in [2.24, 2.45) is 0 Å². The zero-order valence-corrected chi connectivity index (χ0v) is 16.1. The van der Waals surface area contributed by atoms with E-state index in [-0.39, 0.29) is 38.3 Å². The molecule has 1 aromatic heterocycles. The summed E-state index contributed by atoms with van der Waals surface area (Å²) in [4.78, 5) is 24.1. The average molecular weight is 389 g/mol. The standard InChI is InChI=1S/C19H19NO6S/c1-10(2)12-8-14-17(21)13-7-11(19(22)23)5-6-15(13)26-18(14)16(9-12)27(24,25)20(3)4/h5-10H,1-4H3,(H,22,23). The minimum absolute atomic E-state index is 0.0223. The monoisotopic (exact) mass is 389 g/mol. The first-order valence-corrected chi connectivity index (χ1v) is 9.68. The normalized spacial score (nSPS) is 12.4. The number of carboxylic acids is 1. The van der Waals surface area contributed by atoms with Crippen LogP contribution in [0.3, 0.4) is 0 Å². The molecule has 142 valence electrons. The minimum Gasteiger partial charge on any atom is -0.478 e. The summed E-state index contributed by atoms with van der Waals surface area (Å²) in [6, 6.07) is 7.03. The van der Waals surface area contributed by atoms with Crippen molar-refractivity contribution >= 4 is 37.9 Å². The van der Waals surface area contributed by atoms with E-state index < -0.39 is 21.4 Å². The van der Waals surface area contributed by atoms with Gasteiger partial charge in [0.25, 0.3) is 0 Å². The molecule has 0 aliphatic carbocycles. The molecular weight excluding hydrogens is 370 g/mol. The van der Waals surface area contributed by atoms with E-state index in [1.807, 2.05) is 13.8 Å². The molecule has 1 N–H and O–H groups in total. The van der Waals surface area contributed by atoms with E-state index in [9.17, 15) is 18.0 Å². The van der Waals surface area contributed by atoms with Crippen LogP contribution in [0.5, 0.6) is 0 Å². The van der Waals surface area contributed by atoms with Crippen molar-refractivity contribution < 1.29 is 22.7 Å². The number of carbonyl (C=O) groups is 1. The lowest BCUT2D eigenvalue weighted by atomic mass is 10.0. The molecule has 8 heteroatoms. The second kappa shape index (κ2) is 6.47. The predicted molar refractivity (Wildman–Crippen MR) is 102 cm³/mol. The fourth-order valence-corrected chi connectivity index (χ4v) is 3.87. The van der Waals surface area contributed by atoms with Crippen molar-refractivity contribution in [1.29, 1.82) is 0 Å². The van der Waals surface area contributed by atoms with Crippen molar-refractivity contribution in [3.05, 3.63) is 51.7 Å². The van der Waals surface area contributed by atoms with Crippen molar-refractivity contribution in [3.63, 3.8) is 0 Å². The molecule has 0 radical (unpaired) electrons. The quantitative estimate of drug-likeness (QED) is 0.688. The molecule has 27 heavy (non-hydrogen) atoms. The molecule has 0 saturated carbocycles. The van der Waals surface area contributed by atoms with Crippen LogP contribution >= 0.6 is 0 Å². The van der Waals surface area contributed by atoms with Crippen molar-refractivity contribution in [3.8, 4) is 0 Å². The summed E-state index contributed by atoms with van der Waals surface area (Å²) in [5.41, 5.74) is 0.255. The van der Waals surface area contributed by atoms with Crippen LogP contribution in [0.4, 0.5) is 0 Å². The molecule has 1 heterocycles. The van der Waals surface area contributed by atoms with E-state index in [0.29, 0.717) is 5.56 Å². The molecule has 7 nitrogen and oxygen atoms in total. The van der Waals surface area contributed by atoms with Gasteiger partial charge in [-0.05, 0) is 41.8 Å². The van der Waals surface area contributed by atoms with Gasteiger partial charge in [0.1, 0.15) is 10.5 Å². The van der Waals surface area contributed by atoms with Gasteiger partial charge in [0.2, 0.25) is 15.5 Å². The molecule has 3 rings (SSSR count). The number of fused-ring (bicyclic) bond motifs is 2. The summed E-state index contributed by atoms with van der Waals surface area (Å²) >= 11 is 0. The van der Waals surface area contributed by atoms with Gasteiger partial charge in [-0.3, -0.25) is 4.79 Å². The highest BCUT2D eigenvalue weighted by Crippen LogP contribution is 2.30. The SMILES string of the molecule is CC(C)c1cc(S(=O)(=O)N(C)C)c2oc3ccc(C(=O)O)cc3c(=O)c2c1. The van der Waals surface area contributed by atoms with E-state index in [1.165, 1.54) is 38.4 Å². The van der Waals surface area contributed by atoms with Gasteiger partial charge in [0.05, 0.1) is 16.3 Å². The van der Waals surface area contributed by atoms with Crippen LogP contribution in [0, 0.1) is 0 Å². The summed E-state index contributed by atoms with van der Waals surface area (Å²) in [7, 11) is -1.05. The number of nitrogens with zero attached hydrogens (tertiary/aromatic N) is 1. The van der Waals surface area contributed by atoms with E-state index >= 15 is 0 Å². The van der Waals surface area contributed by atoms with Crippen molar-refractivity contribution in [2.45, 2.75) is 24.7 Å². The van der Waals surface area contributed by atoms with Crippen LogP contribution in [0.1, 0.15) is 35.7 Å². The Morgan fingerprint density at radius 1 is 1.11 bits per heavy atom. The van der Waals surface area contributed by atoms with Crippen LogP contribution in [0.25, 0.3) is 21.9 Å². The van der Waals surface area contributed by atoms with Gasteiger partial charge >= 0.3 is 5.97 Å². The maximum absolute atomic E-state index is 13.0. The highest BCUT2D eigenvalue weighted by atomic mass is 32.2. The lowest BCUT2D eigenvalue weighted by Gasteiger charge is -2.16. The molecule has 0 amide bonds. The lowest BCUT2D eigenvalue weighted by molar-refractivity contribution is 0.0697. The predicted octanol–water partition coefficient (Wildman–Crippen LogP) is 3.02. The Morgan fingerprint density at radius 3 is 2.33 bits per heavy atom. The zero-order valence-electron chi connectivity index (χ0n) is 15.3. The molecule has 0 bridgehead atoms. The van der Waals surface area contributed by atoms with Crippen LogP contribution in [0.2, 0.25) is 0 Å². The second-order valence-corrected chi connectivity index (χ2v) is 8.91. The second-order valence-electron chi connectivity index (χ2n) is 6.79. The molecule has 0 fully saturated rings. The number of hydrogen-bond donors (Lipinski definition) is 1. The van der Waals surface area contributed by atoms with Crippen molar-refractivity contribution in [1.82, 2.24) is 4.31 Å². The largest absolute Gasteiger partial charge is 0.478 e. The Hall–Kier alpha value is -2.71. The molecular formula is C19H19NO6S. The van der Waals surface area contributed by atoms with Crippen LogP contribution in [0.15, 0.2) is 44.4 Å². The fraction of sp³-hybridized carbons (Fsp3) is 0.263. The van der Waals surface area contributed by atoms with Gasteiger partial charge in [0, 0.05) is 14.1 Å². The number of rotatable bonds is 4. The average Bonchev–Trinajstić information content (AvgIpc) is 2.60. The highest BCUT2D eigenvalue weighted by Gasteiger charge is 2.25. The Balaban J connectivity index is 2.53. The first kappa shape index (κ1) is 19.1. The third kappa shape index (κ3) is 3.11. The van der Waals surface area contributed by atoms with Gasteiger partial charge in [-0.2, -0.15) is 0 Å². The first-order chi connectivity index (χ1) is 12.5. The molecule has 0 saturated heterocycles. The molecule has 0 aliphatic rings. The topological polar surface area (TPSA) is 105 Å². The Morgan fingerprint density at radius 2 is 1.78 bits per heavy atom. The first-order valence-electron chi connectivity index (χ1n) is 8.24. The molecule has 0 atom stereocenters. The maximum atomic E-state index is 13.0. The van der Waals surface area contributed by atoms with Crippen LogP contribution in [-0.2, 0) is 10.0 Å². The summed E-state index contributed by atoms with van der Waals surface area (Å²) < 4.78 is 32.4. The van der Waals surface area contributed by atoms with Gasteiger partial charge in [0.15, 0.2) is 5.58 Å². The zero-order chi connectivity index (χ0) is 20.1. The molecule has 3 aromatic rings. The van der Waals surface area contributed by atoms with E-state index in [1.54, 1.807) is 6.07 Å². The third-order valence-corrected chi connectivity index (χ3v) is 6.25. The van der Waals surface area contributed by atoms with Crippen LogP contribution < -0.4 is 5.43 Å². The summed E-state index contributed by atoms with van der Waals surface area (Å²) in [6.07, 6.45) is 0. The van der Waals surface area contributed by atoms with Gasteiger partial charge < -0.3 is 9.52 Å². The molecule has 0 aliphatic heterocycles. The Bertz CT molecular complexity index is 1240. The van der Waals surface area contributed by atoms with Gasteiger partial charge in [-0.25, -0.2) is 17.5 Å². The highest BCUT2D eigenvalue weighted by molar-refractivity contribution is 7.89. The summed E-state index contributed by atoms with van der Waals surface area (Å²) in [5.74, 6) is -1.19. The Kier molecular flexibility index (Phi) is 4.57. The molecule has 0 spiro atoms. The summed E-state index contributed by atoms with van der Waals surface area (Å²) in [5, 5.41) is 9.36. The number of benzene rings is 2. The maximum Gasteiger partial charge on any atom is 0.335 e. The van der Waals surface area contributed by atoms with Crippen molar-refractivity contribution in [2.75, 3.05) is 14.1 Å².